The molecule has 1 aromatic heterocycles. The number of ether oxygens (including phenoxy) is 1. The summed E-state index contributed by atoms with van der Waals surface area (Å²) >= 11 is 0. The summed E-state index contributed by atoms with van der Waals surface area (Å²) < 4.78 is 40.9. The van der Waals surface area contributed by atoms with Gasteiger partial charge in [-0.2, -0.15) is 13.2 Å². The monoisotopic (exact) mass is 338 g/mol. The van der Waals surface area contributed by atoms with Crippen LogP contribution in [0.15, 0.2) is 48.7 Å². The molecule has 4 nitrogen and oxygen atoms in total. The molecule has 2 aromatic rings. The van der Waals surface area contributed by atoms with Crippen LogP contribution in [0.5, 0.6) is 5.88 Å². The van der Waals surface area contributed by atoms with Crippen LogP contribution in [0.4, 0.5) is 18.9 Å². The smallest absolute Gasteiger partial charge is 0.422 e. The summed E-state index contributed by atoms with van der Waals surface area (Å²) in [4.78, 5) is 18.0. The summed E-state index contributed by atoms with van der Waals surface area (Å²) in [6.07, 6.45) is -3.22. The minimum atomic E-state index is -4.43. The minimum Gasteiger partial charge on any atom is -0.468 e. The number of aromatic nitrogens is 1. The van der Waals surface area contributed by atoms with Gasteiger partial charge in [-0.05, 0) is 32.0 Å². The van der Waals surface area contributed by atoms with E-state index in [4.69, 9.17) is 0 Å². The number of amides is 1. The van der Waals surface area contributed by atoms with Crippen molar-refractivity contribution in [2.24, 2.45) is 0 Å². The van der Waals surface area contributed by atoms with Gasteiger partial charge in [0.25, 0.3) is 5.91 Å². The SMILES string of the molecule is CC(C)N(C(=O)c1ccc(OCC(F)(F)F)nc1)c1ccccc1. The van der Waals surface area contributed by atoms with E-state index >= 15 is 0 Å². The van der Waals surface area contributed by atoms with Gasteiger partial charge < -0.3 is 9.64 Å². The number of pyridine rings is 1. The molecule has 1 amide bonds. The third kappa shape index (κ3) is 4.71. The number of benzene rings is 1. The van der Waals surface area contributed by atoms with Gasteiger partial charge in [0.05, 0.1) is 5.56 Å². The Bertz CT molecular complexity index is 670. The Morgan fingerprint density at radius 3 is 2.33 bits per heavy atom. The lowest BCUT2D eigenvalue weighted by molar-refractivity contribution is -0.154. The second-order valence-corrected chi connectivity index (χ2v) is 5.39. The molecule has 1 aromatic carbocycles. The Balaban J connectivity index is 2.16. The van der Waals surface area contributed by atoms with E-state index in [9.17, 15) is 18.0 Å². The van der Waals surface area contributed by atoms with Crippen LogP contribution in [0.3, 0.4) is 0 Å². The number of hydrogen-bond donors (Lipinski definition) is 0. The summed E-state index contributed by atoms with van der Waals surface area (Å²) in [5, 5.41) is 0. The van der Waals surface area contributed by atoms with Crippen molar-refractivity contribution in [1.29, 1.82) is 0 Å². The van der Waals surface area contributed by atoms with Crippen molar-refractivity contribution in [2.45, 2.75) is 26.1 Å². The fraction of sp³-hybridized carbons (Fsp3) is 0.294. The first-order valence-corrected chi connectivity index (χ1v) is 7.32. The lowest BCUT2D eigenvalue weighted by Gasteiger charge is -2.26. The maximum Gasteiger partial charge on any atom is 0.422 e. The number of alkyl halides is 3. The van der Waals surface area contributed by atoms with E-state index in [0.29, 0.717) is 0 Å². The molecule has 0 saturated heterocycles. The van der Waals surface area contributed by atoms with Gasteiger partial charge in [0, 0.05) is 24.0 Å². The van der Waals surface area contributed by atoms with Crippen LogP contribution in [0.25, 0.3) is 0 Å². The van der Waals surface area contributed by atoms with Crippen molar-refractivity contribution in [3.05, 3.63) is 54.2 Å². The Morgan fingerprint density at radius 2 is 1.83 bits per heavy atom. The fourth-order valence-electron chi connectivity index (χ4n) is 2.13. The fourth-order valence-corrected chi connectivity index (χ4v) is 2.13. The molecule has 0 spiro atoms. The highest BCUT2D eigenvalue weighted by Crippen LogP contribution is 2.21. The number of carbonyl (C=O) groups is 1. The van der Waals surface area contributed by atoms with Crippen LogP contribution < -0.4 is 9.64 Å². The van der Waals surface area contributed by atoms with Crippen LogP contribution in [0, 0.1) is 0 Å². The maximum absolute atomic E-state index is 12.7. The molecule has 0 aliphatic heterocycles. The highest BCUT2D eigenvalue weighted by atomic mass is 19.4. The average molecular weight is 338 g/mol. The van der Waals surface area contributed by atoms with Crippen LogP contribution in [-0.2, 0) is 0 Å². The molecule has 1 heterocycles. The van der Waals surface area contributed by atoms with Gasteiger partial charge in [0.1, 0.15) is 0 Å². The molecule has 2 rings (SSSR count). The van der Waals surface area contributed by atoms with Crippen LogP contribution >= 0.6 is 0 Å². The second kappa shape index (κ2) is 7.33. The van der Waals surface area contributed by atoms with Crippen LogP contribution in [0.1, 0.15) is 24.2 Å². The Labute approximate surface area is 137 Å². The van der Waals surface area contributed by atoms with Gasteiger partial charge in [0.15, 0.2) is 6.61 Å². The van der Waals surface area contributed by atoms with Crippen molar-refractivity contribution < 1.29 is 22.7 Å². The number of hydrogen-bond acceptors (Lipinski definition) is 3. The van der Waals surface area contributed by atoms with E-state index in [1.807, 2.05) is 44.2 Å². The number of para-hydroxylation sites is 1. The van der Waals surface area contributed by atoms with Crippen molar-refractivity contribution in [3.8, 4) is 5.88 Å². The molecule has 0 bridgehead atoms. The molecule has 7 heteroatoms. The normalized spacial score (nSPS) is 11.4. The molecule has 0 fully saturated rings. The zero-order valence-corrected chi connectivity index (χ0v) is 13.2. The Kier molecular flexibility index (Phi) is 5.43. The van der Waals surface area contributed by atoms with Gasteiger partial charge in [-0.1, -0.05) is 18.2 Å². The van der Waals surface area contributed by atoms with Crippen molar-refractivity contribution in [2.75, 3.05) is 11.5 Å². The molecule has 0 saturated carbocycles. The third-order valence-electron chi connectivity index (χ3n) is 3.14. The molecule has 24 heavy (non-hydrogen) atoms. The first kappa shape index (κ1) is 17.8. The van der Waals surface area contributed by atoms with Crippen molar-refractivity contribution in [3.63, 3.8) is 0 Å². The molecule has 128 valence electrons. The molecule has 0 radical (unpaired) electrons. The molecular weight excluding hydrogens is 321 g/mol. The average Bonchev–Trinajstić information content (AvgIpc) is 2.53. The number of nitrogens with zero attached hydrogens (tertiary/aromatic N) is 2. The molecule has 0 atom stereocenters. The zero-order valence-electron chi connectivity index (χ0n) is 13.2. The van der Waals surface area contributed by atoms with Crippen molar-refractivity contribution in [1.82, 2.24) is 4.98 Å². The molecule has 0 aliphatic carbocycles. The number of halogens is 3. The topological polar surface area (TPSA) is 42.4 Å². The van der Waals surface area contributed by atoms with E-state index in [1.54, 1.807) is 4.90 Å². The second-order valence-electron chi connectivity index (χ2n) is 5.39. The lowest BCUT2D eigenvalue weighted by atomic mass is 10.1. The minimum absolute atomic E-state index is 0.0962. The van der Waals surface area contributed by atoms with Crippen LogP contribution in [-0.4, -0.2) is 29.7 Å². The predicted molar refractivity (Wildman–Crippen MR) is 84.2 cm³/mol. The summed E-state index contributed by atoms with van der Waals surface area (Å²) in [6, 6.07) is 11.7. The Morgan fingerprint density at radius 1 is 1.17 bits per heavy atom. The quantitative estimate of drug-likeness (QED) is 0.825. The van der Waals surface area contributed by atoms with Crippen LogP contribution in [0.2, 0.25) is 0 Å². The predicted octanol–water partition coefficient (Wildman–Crippen LogP) is 4.08. The highest BCUT2D eigenvalue weighted by Gasteiger charge is 2.28. The summed E-state index contributed by atoms with van der Waals surface area (Å²) in [5.74, 6) is -0.467. The van der Waals surface area contributed by atoms with E-state index < -0.39 is 12.8 Å². The lowest BCUT2D eigenvalue weighted by Crippen LogP contribution is -2.37. The number of rotatable bonds is 5. The van der Waals surface area contributed by atoms with E-state index in [-0.39, 0.29) is 23.4 Å². The van der Waals surface area contributed by atoms with Gasteiger partial charge >= 0.3 is 6.18 Å². The summed E-state index contributed by atoms with van der Waals surface area (Å²) in [5.41, 5.74) is 1.00. The summed E-state index contributed by atoms with van der Waals surface area (Å²) in [6.45, 7) is 2.33. The third-order valence-corrected chi connectivity index (χ3v) is 3.14. The first-order chi connectivity index (χ1) is 11.3. The van der Waals surface area contributed by atoms with E-state index in [2.05, 4.69) is 9.72 Å². The highest BCUT2D eigenvalue weighted by molar-refractivity contribution is 6.06. The molecule has 0 aliphatic rings. The first-order valence-electron chi connectivity index (χ1n) is 7.32. The largest absolute Gasteiger partial charge is 0.468 e. The van der Waals surface area contributed by atoms with Gasteiger partial charge in [-0.15, -0.1) is 0 Å². The van der Waals surface area contributed by atoms with Gasteiger partial charge in [0.2, 0.25) is 5.88 Å². The molecule has 0 N–H and O–H groups in total. The maximum atomic E-state index is 12.7. The molecular formula is C17H17F3N2O2. The Hall–Kier alpha value is -2.57. The van der Waals surface area contributed by atoms with E-state index in [0.717, 1.165) is 5.69 Å². The number of carbonyl (C=O) groups excluding carboxylic acids is 1. The van der Waals surface area contributed by atoms with Crippen molar-refractivity contribution >= 4 is 11.6 Å². The van der Waals surface area contributed by atoms with Gasteiger partial charge in [-0.3, -0.25) is 4.79 Å². The van der Waals surface area contributed by atoms with Gasteiger partial charge in [-0.25, -0.2) is 4.98 Å². The standard InChI is InChI=1S/C17H17F3N2O2/c1-12(2)22(14-6-4-3-5-7-14)16(23)13-8-9-15(21-10-13)24-11-17(18,19)20/h3-10,12H,11H2,1-2H3. The molecule has 0 unspecified atom stereocenters. The zero-order chi connectivity index (χ0) is 17.7. The summed E-state index contributed by atoms with van der Waals surface area (Å²) in [7, 11) is 0. The van der Waals surface area contributed by atoms with E-state index in [1.165, 1.54) is 18.3 Å². The number of anilines is 1.